The van der Waals surface area contributed by atoms with Gasteiger partial charge in [0.25, 0.3) is 5.91 Å². The summed E-state index contributed by atoms with van der Waals surface area (Å²) < 4.78 is 7.49. The van der Waals surface area contributed by atoms with Crippen LogP contribution in [0.3, 0.4) is 0 Å². The van der Waals surface area contributed by atoms with E-state index in [9.17, 15) is 15.0 Å². The number of hydrogen-bond acceptors (Lipinski definition) is 9. The Labute approximate surface area is 289 Å². The third kappa shape index (κ3) is 6.78. The zero-order valence-electron chi connectivity index (χ0n) is 26.9. The summed E-state index contributed by atoms with van der Waals surface area (Å²) >= 11 is 13.0. The lowest BCUT2D eigenvalue weighted by atomic mass is 9.96. The average Bonchev–Trinajstić information content (AvgIpc) is 3.46. The molecule has 2 bridgehead atoms. The van der Waals surface area contributed by atoms with Crippen LogP contribution in [0.4, 0.5) is 5.69 Å². The van der Waals surface area contributed by atoms with Gasteiger partial charge in [-0.15, -0.1) is 0 Å². The van der Waals surface area contributed by atoms with E-state index in [1.807, 2.05) is 23.9 Å². The summed E-state index contributed by atoms with van der Waals surface area (Å²) in [4.78, 5) is 15.2. The third-order valence-corrected chi connectivity index (χ3v) is 9.49. The molecule has 1 aromatic heterocycles. The number of ether oxygens (including phenoxy) is 1. The molecule has 3 aliphatic heterocycles. The first-order valence-corrected chi connectivity index (χ1v) is 16.8. The number of hydrogen-bond donors (Lipinski definition) is 5. The summed E-state index contributed by atoms with van der Waals surface area (Å²) in [5.74, 6) is 11.9. The minimum atomic E-state index is -0.271. The van der Waals surface area contributed by atoms with Gasteiger partial charge in [0.15, 0.2) is 11.5 Å². The summed E-state index contributed by atoms with van der Waals surface area (Å²) in [5.41, 5.74) is 4.41. The van der Waals surface area contributed by atoms with E-state index in [4.69, 9.17) is 38.9 Å². The van der Waals surface area contributed by atoms with Gasteiger partial charge >= 0.3 is 0 Å². The van der Waals surface area contributed by atoms with Gasteiger partial charge in [0.2, 0.25) is 0 Å². The molecule has 0 saturated carbocycles. The second-order valence-electron chi connectivity index (χ2n) is 12.1. The molecule has 1 saturated heterocycles. The average molecular weight is 693 g/mol. The zero-order valence-corrected chi connectivity index (χ0v) is 28.5. The van der Waals surface area contributed by atoms with Crippen LogP contribution in [0.25, 0.3) is 22.2 Å². The van der Waals surface area contributed by atoms with Crippen molar-refractivity contribution in [2.24, 2.45) is 5.84 Å². The van der Waals surface area contributed by atoms with Crippen LogP contribution in [0, 0.1) is 11.8 Å². The maximum atomic E-state index is 12.8. The van der Waals surface area contributed by atoms with Gasteiger partial charge in [-0.2, -0.15) is 5.10 Å². The number of aromatic nitrogens is 2. The lowest BCUT2D eigenvalue weighted by Gasteiger charge is -2.33. The monoisotopic (exact) mass is 691 g/mol. The lowest BCUT2D eigenvalue weighted by molar-refractivity contribution is -0.00116. The molecule has 48 heavy (non-hydrogen) atoms. The molecule has 3 aromatic carbocycles. The number of nitrogens with one attached hydrogen (secondary N) is 2. The molecular weight excluding hydrogens is 653 g/mol. The number of carbonyl (C=O) groups excluding carboxylic acids is 1. The molecule has 1 atom stereocenters. The van der Waals surface area contributed by atoms with Crippen LogP contribution in [0.15, 0.2) is 36.4 Å². The van der Waals surface area contributed by atoms with Crippen molar-refractivity contribution in [2.45, 2.75) is 38.9 Å². The van der Waals surface area contributed by atoms with Gasteiger partial charge < -0.3 is 30.6 Å². The molecule has 1 unspecified atom stereocenters. The van der Waals surface area contributed by atoms with E-state index in [2.05, 4.69) is 34.3 Å². The molecule has 13 heteroatoms. The first-order chi connectivity index (χ1) is 23.2. The summed E-state index contributed by atoms with van der Waals surface area (Å²) in [7, 11) is 1.86. The summed E-state index contributed by atoms with van der Waals surface area (Å²) in [6, 6.07) is 10.9. The Morgan fingerprint density at radius 2 is 1.90 bits per heavy atom. The first kappa shape index (κ1) is 33.9. The van der Waals surface area contributed by atoms with Gasteiger partial charge in [0.05, 0.1) is 46.3 Å². The first-order valence-electron chi connectivity index (χ1n) is 16.0. The Kier molecular flexibility index (Phi) is 10.3. The van der Waals surface area contributed by atoms with Gasteiger partial charge in [0.1, 0.15) is 11.4 Å². The van der Waals surface area contributed by atoms with Crippen molar-refractivity contribution < 1.29 is 19.7 Å². The predicted molar refractivity (Wildman–Crippen MR) is 189 cm³/mol. The van der Waals surface area contributed by atoms with Crippen molar-refractivity contribution in [2.75, 3.05) is 51.4 Å². The number of phenols is 2. The van der Waals surface area contributed by atoms with Crippen molar-refractivity contribution in [3.63, 3.8) is 0 Å². The molecule has 4 heterocycles. The minimum absolute atomic E-state index is 0.176. The van der Waals surface area contributed by atoms with Crippen LogP contribution in [-0.4, -0.2) is 83.3 Å². The molecule has 6 N–H and O–H groups in total. The van der Waals surface area contributed by atoms with Crippen molar-refractivity contribution >= 4 is 45.7 Å². The number of carbonyl (C=O) groups is 1. The molecule has 11 nitrogen and oxygen atoms in total. The van der Waals surface area contributed by atoms with Gasteiger partial charge in [-0.25, -0.2) is 5.84 Å². The van der Waals surface area contributed by atoms with Crippen LogP contribution in [-0.2, 0) is 17.8 Å². The molecular formula is C35H39Cl2N7O4. The van der Waals surface area contributed by atoms with Gasteiger partial charge in [-0.3, -0.25) is 14.4 Å². The third-order valence-electron chi connectivity index (χ3n) is 8.83. The highest BCUT2D eigenvalue weighted by atomic mass is 35.5. The smallest absolute Gasteiger partial charge is 0.252 e. The maximum absolute atomic E-state index is 12.8. The highest BCUT2D eigenvalue weighted by Crippen LogP contribution is 2.52. The number of benzene rings is 3. The van der Waals surface area contributed by atoms with Gasteiger partial charge in [-0.05, 0) is 63.7 Å². The van der Waals surface area contributed by atoms with Crippen molar-refractivity contribution in [3.8, 4) is 34.6 Å². The molecule has 1 amide bonds. The summed E-state index contributed by atoms with van der Waals surface area (Å²) in [6.07, 6.45) is 1.63. The SMILES string of the molecule is CNCCCNC(=O)c1cc(C#Cc2cc(-c3nn(CCCN4CCOCC4C)c4c5c(O)c(O)c(c34)N(N)C5)ccc2Cl)ccc1Cl. The minimum Gasteiger partial charge on any atom is -0.504 e. The second-order valence-corrected chi connectivity index (χ2v) is 12.9. The Hall–Kier alpha value is -4.02. The fourth-order valence-electron chi connectivity index (χ4n) is 6.29. The van der Waals surface area contributed by atoms with Crippen LogP contribution in [0.5, 0.6) is 11.5 Å². The molecule has 0 spiro atoms. The van der Waals surface area contributed by atoms with E-state index in [1.54, 1.807) is 24.3 Å². The number of aromatic hydroxyl groups is 2. The molecule has 0 aliphatic carbocycles. The topological polar surface area (TPSA) is 141 Å². The number of rotatable bonds is 10. The Balaban J connectivity index is 1.33. The van der Waals surface area contributed by atoms with Crippen LogP contribution in [0.1, 0.15) is 46.8 Å². The molecule has 252 valence electrons. The van der Waals surface area contributed by atoms with Gasteiger partial charge in [-0.1, -0.05) is 41.1 Å². The second kappa shape index (κ2) is 14.6. The molecule has 1 fully saturated rings. The molecule has 7 rings (SSSR count). The van der Waals surface area contributed by atoms with Crippen molar-refractivity contribution in [3.05, 3.63) is 68.7 Å². The fraction of sp³-hybridized carbons (Fsp3) is 0.371. The normalized spacial score (nSPS) is 15.9. The van der Waals surface area contributed by atoms with Gasteiger partial charge in [0, 0.05) is 54.5 Å². The summed E-state index contributed by atoms with van der Waals surface area (Å²) in [6.45, 7) is 7.53. The lowest BCUT2D eigenvalue weighted by Crippen LogP contribution is -2.44. The summed E-state index contributed by atoms with van der Waals surface area (Å²) in [5, 5.41) is 35.6. The van der Waals surface area contributed by atoms with Crippen LogP contribution in [0.2, 0.25) is 10.0 Å². The van der Waals surface area contributed by atoms with Crippen LogP contribution >= 0.6 is 23.2 Å². The highest BCUT2D eigenvalue weighted by Gasteiger charge is 2.34. The quantitative estimate of drug-likeness (QED) is 0.0705. The standard InChI is InChI=1S/C35H39Cl2N7O4/c1-21-20-48-16-15-42(21)13-4-14-44-31-26-19-43(38)32(34(46)33(26)45)29(31)30(41-44)24-8-10-27(36)23(18-24)7-5-22-6-9-28(37)25(17-22)35(47)40-12-3-11-39-2/h6,8-10,17-18,21,39,45-46H,3-4,11-16,19-20,38H2,1-2H3,(H,40,47). The van der Waals surface area contributed by atoms with E-state index < -0.39 is 0 Å². The number of phenolic OH excluding ortho intramolecular Hbond substituents is 2. The van der Waals surface area contributed by atoms with E-state index in [-0.39, 0.29) is 24.0 Å². The number of hydrazine groups is 1. The number of anilines is 1. The fourth-order valence-corrected chi connectivity index (χ4v) is 6.65. The maximum Gasteiger partial charge on any atom is 0.252 e. The molecule has 3 aliphatic rings. The number of amides is 1. The van der Waals surface area contributed by atoms with E-state index in [0.717, 1.165) is 56.8 Å². The number of fused-ring (bicyclic) bond motifs is 2. The van der Waals surface area contributed by atoms with Crippen molar-refractivity contribution in [1.29, 1.82) is 0 Å². The largest absolute Gasteiger partial charge is 0.504 e. The highest BCUT2D eigenvalue weighted by molar-refractivity contribution is 6.34. The van der Waals surface area contributed by atoms with Crippen LogP contribution < -0.4 is 21.5 Å². The van der Waals surface area contributed by atoms with E-state index >= 15 is 0 Å². The number of nitrogens with two attached hydrogens (primary N) is 1. The predicted octanol–water partition coefficient (Wildman–Crippen LogP) is 4.46. The Morgan fingerprint density at radius 1 is 1.08 bits per heavy atom. The van der Waals surface area contributed by atoms with Crippen molar-refractivity contribution in [1.82, 2.24) is 25.3 Å². The molecule has 4 aromatic rings. The number of morpholine rings is 1. The van der Waals surface area contributed by atoms with E-state index in [1.165, 1.54) is 5.01 Å². The zero-order chi connectivity index (χ0) is 33.9. The number of halogens is 2. The van der Waals surface area contributed by atoms with E-state index in [0.29, 0.717) is 68.2 Å². The Morgan fingerprint density at radius 3 is 2.69 bits per heavy atom. The number of nitrogens with zero attached hydrogens (tertiary/aromatic N) is 4. The number of aryl methyl sites for hydroxylation is 1. The molecule has 0 radical (unpaired) electrons. The Bertz CT molecular complexity index is 1920.